The molecule has 0 aromatic carbocycles. The van der Waals surface area contributed by atoms with Crippen molar-refractivity contribution in [3.05, 3.63) is 0 Å². The van der Waals surface area contributed by atoms with Crippen LogP contribution >= 0.6 is 0 Å². The average molecular weight is 260 g/mol. The lowest BCUT2D eigenvalue weighted by Crippen LogP contribution is -2.42. The average Bonchev–Trinajstić information content (AvgIpc) is 3.00. The highest BCUT2D eigenvalue weighted by molar-refractivity contribution is 7.91. The van der Waals surface area contributed by atoms with E-state index in [-0.39, 0.29) is 17.5 Å². The summed E-state index contributed by atoms with van der Waals surface area (Å²) in [4.78, 5) is 2.54. The van der Waals surface area contributed by atoms with Crippen LogP contribution in [0.5, 0.6) is 0 Å². The zero-order valence-corrected chi connectivity index (χ0v) is 11.7. The van der Waals surface area contributed by atoms with Crippen LogP contribution in [-0.2, 0) is 9.84 Å². The topological polar surface area (TPSA) is 49.4 Å². The van der Waals surface area contributed by atoms with Crippen molar-refractivity contribution in [3.63, 3.8) is 0 Å². The van der Waals surface area contributed by atoms with Crippen molar-refractivity contribution >= 4 is 9.84 Å². The summed E-state index contributed by atoms with van der Waals surface area (Å²) in [6.45, 7) is 5.97. The van der Waals surface area contributed by atoms with Gasteiger partial charge in [-0.05, 0) is 26.2 Å². The summed E-state index contributed by atoms with van der Waals surface area (Å²) in [5.41, 5.74) is 0. The monoisotopic (exact) mass is 260 g/mol. The molecule has 2 unspecified atom stereocenters. The van der Waals surface area contributed by atoms with Crippen molar-refractivity contribution in [2.24, 2.45) is 0 Å². The van der Waals surface area contributed by atoms with Crippen LogP contribution in [0.25, 0.3) is 0 Å². The fraction of sp³-hybridized carbons (Fsp3) is 1.00. The van der Waals surface area contributed by atoms with Crippen LogP contribution in [0.15, 0.2) is 0 Å². The van der Waals surface area contributed by atoms with Gasteiger partial charge in [0.1, 0.15) is 0 Å². The minimum Gasteiger partial charge on any atom is -0.309 e. The lowest BCUT2D eigenvalue weighted by atomic mass is 10.2. The number of likely N-dealkylation sites (tertiary alicyclic amines) is 1. The molecule has 0 bridgehead atoms. The minimum absolute atomic E-state index is 0.0732. The SMILES string of the molecule is CCS(=O)(=O)CC(C)NC1CCN(C2CC2)C1. The zero-order valence-electron chi connectivity index (χ0n) is 10.9. The number of hydrogen-bond acceptors (Lipinski definition) is 4. The van der Waals surface area contributed by atoms with Crippen LogP contribution in [0.3, 0.4) is 0 Å². The van der Waals surface area contributed by atoms with Gasteiger partial charge in [0.05, 0.1) is 5.75 Å². The second-order valence-electron chi connectivity index (χ2n) is 5.48. The van der Waals surface area contributed by atoms with Gasteiger partial charge in [0, 0.05) is 37.0 Å². The largest absolute Gasteiger partial charge is 0.309 e. The number of sulfone groups is 1. The van der Waals surface area contributed by atoms with Crippen molar-refractivity contribution in [3.8, 4) is 0 Å². The summed E-state index contributed by atoms with van der Waals surface area (Å²) >= 11 is 0. The smallest absolute Gasteiger partial charge is 0.151 e. The summed E-state index contributed by atoms with van der Waals surface area (Å²) in [6.07, 6.45) is 3.87. The Morgan fingerprint density at radius 2 is 2.06 bits per heavy atom. The van der Waals surface area contributed by atoms with Gasteiger partial charge in [-0.2, -0.15) is 0 Å². The molecule has 0 aromatic rings. The number of hydrogen-bond donors (Lipinski definition) is 1. The normalized spacial score (nSPS) is 28.5. The van der Waals surface area contributed by atoms with Gasteiger partial charge in [-0.3, -0.25) is 4.90 Å². The standard InChI is InChI=1S/C12H24N2O2S/c1-3-17(15,16)9-10(2)13-11-6-7-14(8-11)12-4-5-12/h10-13H,3-9H2,1-2H3. The van der Waals surface area contributed by atoms with Crippen LogP contribution in [-0.4, -0.2) is 56.0 Å². The Kier molecular flexibility index (Phi) is 4.10. The Morgan fingerprint density at radius 3 is 2.65 bits per heavy atom. The van der Waals surface area contributed by atoms with Gasteiger partial charge in [-0.25, -0.2) is 8.42 Å². The first-order valence-electron chi connectivity index (χ1n) is 6.70. The van der Waals surface area contributed by atoms with Gasteiger partial charge in [0.25, 0.3) is 0 Å². The summed E-state index contributed by atoms with van der Waals surface area (Å²) < 4.78 is 23.0. The Bertz CT molecular complexity index is 352. The van der Waals surface area contributed by atoms with E-state index in [0.29, 0.717) is 6.04 Å². The molecule has 100 valence electrons. The minimum atomic E-state index is -2.85. The first kappa shape index (κ1) is 13.3. The molecular formula is C12H24N2O2S. The quantitative estimate of drug-likeness (QED) is 0.761. The van der Waals surface area contributed by atoms with Crippen LogP contribution in [0.1, 0.15) is 33.1 Å². The van der Waals surface area contributed by atoms with Crippen LogP contribution < -0.4 is 5.32 Å². The molecule has 1 saturated carbocycles. The van der Waals surface area contributed by atoms with Crippen molar-refractivity contribution in [1.29, 1.82) is 0 Å². The van der Waals surface area contributed by atoms with Crippen molar-refractivity contribution in [2.75, 3.05) is 24.6 Å². The van der Waals surface area contributed by atoms with E-state index < -0.39 is 9.84 Å². The van der Waals surface area contributed by atoms with E-state index in [1.807, 2.05) is 6.92 Å². The first-order valence-corrected chi connectivity index (χ1v) is 8.53. The first-order chi connectivity index (χ1) is 8.00. The third kappa shape index (κ3) is 3.93. The molecule has 0 spiro atoms. The predicted octanol–water partition coefficient (Wildman–Crippen LogP) is 0.636. The van der Waals surface area contributed by atoms with E-state index in [0.717, 1.165) is 19.0 Å². The van der Waals surface area contributed by atoms with E-state index in [9.17, 15) is 8.42 Å². The number of nitrogens with zero attached hydrogens (tertiary/aromatic N) is 1. The fourth-order valence-electron chi connectivity index (χ4n) is 2.64. The molecule has 1 heterocycles. The van der Waals surface area contributed by atoms with Gasteiger partial charge in [-0.15, -0.1) is 0 Å². The van der Waals surface area contributed by atoms with Gasteiger partial charge in [-0.1, -0.05) is 6.92 Å². The second kappa shape index (κ2) is 5.24. The molecular weight excluding hydrogens is 236 g/mol. The summed E-state index contributed by atoms with van der Waals surface area (Å²) in [6, 6.07) is 1.39. The van der Waals surface area contributed by atoms with E-state index in [1.165, 1.54) is 19.4 Å². The highest BCUT2D eigenvalue weighted by atomic mass is 32.2. The Labute approximate surface area is 105 Å². The van der Waals surface area contributed by atoms with Gasteiger partial charge >= 0.3 is 0 Å². The van der Waals surface area contributed by atoms with E-state index in [1.54, 1.807) is 6.92 Å². The third-order valence-electron chi connectivity index (χ3n) is 3.75. The molecule has 1 N–H and O–H groups in total. The molecule has 2 atom stereocenters. The molecule has 2 aliphatic rings. The van der Waals surface area contributed by atoms with Crippen molar-refractivity contribution < 1.29 is 8.42 Å². The van der Waals surface area contributed by atoms with Gasteiger partial charge < -0.3 is 5.32 Å². The summed E-state index contributed by atoms with van der Waals surface area (Å²) in [5, 5.41) is 3.46. The van der Waals surface area contributed by atoms with E-state index in [2.05, 4.69) is 10.2 Å². The highest BCUT2D eigenvalue weighted by Crippen LogP contribution is 2.29. The third-order valence-corrected chi connectivity index (χ3v) is 5.63. The van der Waals surface area contributed by atoms with E-state index in [4.69, 9.17) is 0 Å². The van der Waals surface area contributed by atoms with E-state index >= 15 is 0 Å². The molecule has 17 heavy (non-hydrogen) atoms. The maximum atomic E-state index is 11.5. The molecule has 0 radical (unpaired) electrons. The van der Waals surface area contributed by atoms with Crippen molar-refractivity contribution in [1.82, 2.24) is 10.2 Å². The van der Waals surface area contributed by atoms with Crippen molar-refractivity contribution in [2.45, 2.75) is 51.2 Å². The molecule has 2 rings (SSSR count). The van der Waals surface area contributed by atoms with Gasteiger partial charge in [0.2, 0.25) is 0 Å². The maximum absolute atomic E-state index is 11.5. The lowest BCUT2D eigenvalue weighted by molar-refractivity contribution is 0.314. The highest BCUT2D eigenvalue weighted by Gasteiger charge is 2.34. The molecule has 1 aliphatic carbocycles. The molecule has 0 aromatic heterocycles. The fourth-order valence-corrected chi connectivity index (χ4v) is 3.74. The van der Waals surface area contributed by atoms with Crippen LogP contribution in [0, 0.1) is 0 Å². The lowest BCUT2D eigenvalue weighted by Gasteiger charge is -2.20. The zero-order chi connectivity index (χ0) is 12.5. The number of nitrogens with one attached hydrogen (secondary N) is 1. The predicted molar refractivity (Wildman–Crippen MR) is 69.9 cm³/mol. The van der Waals surface area contributed by atoms with Gasteiger partial charge in [0.15, 0.2) is 9.84 Å². The molecule has 2 fully saturated rings. The van der Waals surface area contributed by atoms with Crippen LogP contribution in [0.4, 0.5) is 0 Å². The molecule has 5 heteroatoms. The Hall–Kier alpha value is -0.130. The van der Waals surface area contributed by atoms with Crippen LogP contribution in [0.2, 0.25) is 0 Å². The molecule has 0 amide bonds. The second-order valence-corrected chi connectivity index (χ2v) is 7.88. The maximum Gasteiger partial charge on any atom is 0.151 e. The number of rotatable bonds is 6. The Balaban J connectivity index is 1.73. The Morgan fingerprint density at radius 1 is 1.35 bits per heavy atom. The summed E-state index contributed by atoms with van der Waals surface area (Å²) in [7, 11) is -2.85. The molecule has 4 nitrogen and oxygen atoms in total. The molecule has 1 saturated heterocycles. The summed E-state index contributed by atoms with van der Waals surface area (Å²) in [5.74, 6) is 0.515. The molecule has 1 aliphatic heterocycles.